The third kappa shape index (κ3) is 3.12. The molecule has 1 aromatic carbocycles. The second-order valence-electron chi connectivity index (χ2n) is 4.28. The van der Waals surface area contributed by atoms with Crippen LogP contribution in [-0.4, -0.2) is 29.7 Å². The molecule has 0 aliphatic carbocycles. The third-order valence-electron chi connectivity index (χ3n) is 2.82. The van der Waals surface area contributed by atoms with Gasteiger partial charge in [0.15, 0.2) is 5.78 Å². The Morgan fingerprint density at radius 2 is 1.89 bits per heavy atom. The van der Waals surface area contributed by atoms with Gasteiger partial charge >= 0.3 is 0 Å². The zero-order valence-electron chi connectivity index (χ0n) is 9.79. The topological polar surface area (TPSA) is 37.1 Å². The number of nitrogens with zero attached hydrogens (tertiary/aromatic N) is 1. The highest BCUT2D eigenvalue weighted by Gasteiger charge is 2.23. The number of ketones is 1. The Balaban J connectivity index is 1.86. The highest BCUT2D eigenvalue weighted by molar-refractivity contribution is 5.96. The maximum atomic E-state index is 13.3. The van der Waals surface area contributed by atoms with Gasteiger partial charge < -0.3 is 4.90 Å². The van der Waals surface area contributed by atoms with Crippen LogP contribution in [0.4, 0.5) is 8.78 Å². The summed E-state index contributed by atoms with van der Waals surface area (Å²) in [5.41, 5.74) is -0.242. The largest absolute Gasteiger partial charge is 0.339 e. The SMILES string of the molecule is O=C(CCCC(=O)N1CC1)c1cc(F)ccc1F. The summed E-state index contributed by atoms with van der Waals surface area (Å²) in [6, 6.07) is 2.80. The van der Waals surface area contributed by atoms with E-state index in [9.17, 15) is 18.4 Å². The summed E-state index contributed by atoms with van der Waals surface area (Å²) >= 11 is 0. The lowest BCUT2D eigenvalue weighted by Gasteiger charge is -2.03. The van der Waals surface area contributed by atoms with E-state index < -0.39 is 17.4 Å². The van der Waals surface area contributed by atoms with Gasteiger partial charge in [0.25, 0.3) is 0 Å². The van der Waals surface area contributed by atoms with Crippen molar-refractivity contribution in [3.63, 3.8) is 0 Å². The van der Waals surface area contributed by atoms with Crippen molar-refractivity contribution in [1.82, 2.24) is 4.90 Å². The average Bonchev–Trinajstić information content (AvgIpc) is 3.16. The minimum Gasteiger partial charge on any atom is -0.339 e. The lowest BCUT2D eigenvalue weighted by molar-refractivity contribution is -0.125. The molecule has 0 unspecified atom stereocenters. The summed E-state index contributed by atoms with van der Waals surface area (Å²) in [5.74, 6) is -1.81. The predicted molar refractivity (Wildman–Crippen MR) is 61.1 cm³/mol. The number of carbonyl (C=O) groups is 2. The Hall–Kier alpha value is -1.78. The van der Waals surface area contributed by atoms with Crippen LogP contribution >= 0.6 is 0 Å². The molecule has 1 aliphatic heterocycles. The Morgan fingerprint density at radius 3 is 2.56 bits per heavy atom. The van der Waals surface area contributed by atoms with Gasteiger partial charge in [0.05, 0.1) is 5.56 Å². The van der Waals surface area contributed by atoms with Crippen LogP contribution in [0.5, 0.6) is 0 Å². The average molecular weight is 253 g/mol. The van der Waals surface area contributed by atoms with E-state index in [0.717, 1.165) is 31.3 Å². The maximum Gasteiger partial charge on any atom is 0.222 e. The fraction of sp³-hybridized carbons (Fsp3) is 0.385. The van der Waals surface area contributed by atoms with Crippen LogP contribution in [0, 0.1) is 11.6 Å². The number of hydrogen-bond acceptors (Lipinski definition) is 2. The first-order chi connectivity index (χ1) is 8.58. The van der Waals surface area contributed by atoms with Gasteiger partial charge in [-0.2, -0.15) is 0 Å². The molecule has 0 bridgehead atoms. The molecular formula is C13H13F2NO2. The fourth-order valence-corrected chi connectivity index (χ4v) is 1.70. The van der Waals surface area contributed by atoms with Gasteiger partial charge in [0.2, 0.25) is 5.91 Å². The first kappa shape index (κ1) is 12.7. The first-order valence-corrected chi connectivity index (χ1v) is 5.84. The molecule has 2 rings (SSSR count). The molecule has 5 heteroatoms. The van der Waals surface area contributed by atoms with E-state index >= 15 is 0 Å². The van der Waals surface area contributed by atoms with Gasteiger partial charge in [0, 0.05) is 25.9 Å². The van der Waals surface area contributed by atoms with Crippen molar-refractivity contribution >= 4 is 11.7 Å². The molecule has 3 nitrogen and oxygen atoms in total. The molecule has 96 valence electrons. The summed E-state index contributed by atoms with van der Waals surface area (Å²) < 4.78 is 26.2. The zero-order valence-corrected chi connectivity index (χ0v) is 9.79. The van der Waals surface area contributed by atoms with E-state index in [4.69, 9.17) is 0 Å². The normalized spacial score (nSPS) is 13.6. The molecule has 1 aliphatic rings. The fourth-order valence-electron chi connectivity index (χ4n) is 1.70. The van der Waals surface area contributed by atoms with Crippen LogP contribution in [-0.2, 0) is 4.79 Å². The van der Waals surface area contributed by atoms with Crippen molar-refractivity contribution in [1.29, 1.82) is 0 Å². The molecule has 0 saturated carbocycles. The van der Waals surface area contributed by atoms with Gasteiger partial charge in [0.1, 0.15) is 11.6 Å². The van der Waals surface area contributed by atoms with E-state index in [2.05, 4.69) is 0 Å². The van der Waals surface area contributed by atoms with Crippen molar-refractivity contribution in [3.05, 3.63) is 35.4 Å². The lowest BCUT2D eigenvalue weighted by Crippen LogP contribution is -2.11. The second kappa shape index (κ2) is 5.25. The zero-order chi connectivity index (χ0) is 13.1. The summed E-state index contributed by atoms with van der Waals surface area (Å²) in [7, 11) is 0. The van der Waals surface area contributed by atoms with Crippen molar-refractivity contribution < 1.29 is 18.4 Å². The van der Waals surface area contributed by atoms with E-state index in [0.29, 0.717) is 6.42 Å². The minimum atomic E-state index is -0.723. The first-order valence-electron chi connectivity index (χ1n) is 5.84. The van der Waals surface area contributed by atoms with Crippen LogP contribution in [0.15, 0.2) is 18.2 Å². The second-order valence-corrected chi connectivity index (χ2v) is 4.28. The van der Waals surface area contributed by atoms with Gasteiger partial charge in [-0.1, -0.05) is 0 Å². The van der Waals surface area contributed by atoms with E-state index in [1.807, 2.05) is 0 Å². The minimum absolute atomic E-state index is 0.0162. The number of Topliss-reactive ketones (excluding diaryl/α,β-unsaturated/α-hetero) is 1. The number of benzene rings is 1. The molecule has 18 heavy (non-hydrogen) atoms. The van der Waals surface area contributed by atoms with Crippen LogP contribution in [0.25, 0.3) is 0 Å². The number of hydrogen-bond donors (Lipinski definition) is 0. The van der Waals surface area contributed by atoms with Crippen molar-refractivity contribution in [2.24, 2.45) is 0 Å². The summed E-state index contributed by atoms with van der Waals surface area (Å²) in [6.07, 6.45) is 0.701. The van der Waals surface area contributed by atoms with Gasteiger partial charge in [-0.05, 0) is 24.6 Å². The third-order valence-corrected chi connectivity index (χ3v) is 2.82. The summed E-state index contributed by atoms with van der Waals surface area (Å²) in [6.45, 7) is 1.57. The molecule has 1 amide bonds. The molecule has 0 radical (unpaired) electrons. The number of halogens is 2. The highest BCUT2D eigenvalue weighted by atomic mass is 19.1. The van der Waals surface area contributed by atoms with Crippen molar-refractivity contribution in [2.75, 3.05) is 13.1 Å². The molecular weight excluding hydrogens is 240 g/mol. The van der Waals surface area contributed by atoms with Gasteiger partial charge in [-0.15, -0.1) is 0 Å². The Kier molecular flexibility index (Phi) is 3.69. The molecule has 1 heterocycles. The molecule has 1 aromatic rings. The monoisotopic (exact) mass is 253 g/mol. The molecule has 0 atom stereocenters. The number of carbonyl (C=O) groups excluding carboxylic acids is 2. The summed E-state index contributed by atoms with van der Waals surface area (Å²) in [5, 5.41) is 0. The smallest absolute Gasteiger partial charge is 0.222 e. The molecule has 0 spiro atoms. The lowest BCUT2D eigenvalue weighted by atomic mass is 10.0. The predicted octanol–water partition coefficient (Wildman–Crippen LogP) is 2.16. The van der Waals surface area contributed by atoms with Crippen molar-refractivity contribution in [3.8, 4) is 0 Å². The standard InChI is InChI=1S/C13H13F2NO2/c14-9-4-5-11(15)10(8-9)12(17)2-1-3-13(18)16-6-7-16/h4-5,8H,1-3,6-7H2. The van der Waals surface area contributed by atoms with Gasteiger partial charge in [-0.3, -0.25) is 9.59 Å². The number of amides is 1. The molecule has 1 fully saturated rings. The van der Waals surface area contributed by atoms with E-state index in [1.165, 1.54) is 0 Å². The van der Waals surface area contributed by atoms with Crippen LogP contribution < -0.4 is 0 Å². The van der Waals surface area contributed by atoms with Crippen molar-refractivity contribution in [2.45, 2.75) is 19.3 Å². The number of rotatable bonds is 5. The molecule has 0 N–H and O–H groups in total. The molecule has 1 saturated heterocycles. The maximum absolute atomic E-state index is 13.3. The highest BCUT2D eigenvalue weighted by Crippen LogP contribution is 2.15. The Labute approximate surface area is 103 Å². The van der Waals surface area contributed by atoms with Gasteiger partial charge in [-0.25, -0.2) is 8.78 Å². The van der Waals surface area contributed by atoms with E-state index in [-0.39, 0.29) is 24.3 Å². The summed E-state index contributed by atoms with van der Waals surface area (Å²) in [4.78, 5) is 24.7. The van der Waals surface area contributed by atoms with Crippen LogP contribution in [0.2, 0.25) is 0 Å². The van der Waals surface area contributed by atoms with E-state index in [1.54, 1.807) is 4.90 Å². The molecule has 0 aromatic heterocycles. The quantitative estimate of drug-likeness (QED) is 0.595. The Morgan fingerprint density at radius 1 is 1.17 bits per heavy atom. The Bertz CT molecular complexity index is 484. The van der Waals surface area contributed by atoms with Crippen LogP contribution in [0.1, 0.15) is 29.6 Å². The van der Waals surface area contributed by atoms with Crippen LogP contribution in [0.3, 0.4) is 0 Å².